The summed E-state index contributed by atoms with van der Waals surface area (Å²) in [6.07, 6.45) is 13.4. The lowest BCUT2D eigenvalue weighted by atomic mass is 10.0. The minimum atomic E-state index is 0.124. The van der Waals surface area contributed by atoms with Crippen molar-refractivity contribution in [2.75, 3.05) is 6.54 Å². The lowest BCUT2D eigenvalue weighted by Gasteiger charge is -2.26. The Morgan fingerprint density at radius 2 is 1.92 bits per heavy atom. The Labute approximate surface area is 155 Å². The average molecular weight is 352 g/mol. The van der Waals surface area contributed by atoms with E-state index in [1.54, 1.807) is 0 Å². The molecule has 1 saturated heterocycles. The Morgan fingerprint density at radius 3 is 2.69 bits per heavy atom. The molecule has 5 nitrogen and oxygen atoms in total. The monoisotopic (exact) mass is 352 g/mol. The van der Waals surface area contributed by atoms with Crippen LogP contribution in [0.3, 0.4) is 0 Å². The normalized spacial score (nSPS) is 20.8. The highest BCUT2D eigenvalue weighted by Crippen LogP contribution is 2.35. The van der Waals surface area contributed by atoms with E-state index in [0.29, 0.717) is 11.8 Å². The molecule has 138 valence electrons. The molecule has 2 aromatic rings. The molecule has 0 aromatic carbocycles. The van der Waals surface area contributed by atoms with Crippen molar-refractivity contribution in [2.45, 2.75) is 64.5 Å². The second-order valence-corrected chi connectivity index (χ2v) is 7.80. The fourth-order valence-corrected chi connectivity index (χ4v) is 4.53. The lowest BCUT2D eigenvalue weighted by molar-refractivity contribution is -0.133. The van der Waals surface area contributed by atoms with Crippen LogP contribution in [0.25, 0.3) is 0 Å². The standard InChI is InChI=1S/C21H28N4O/c1-16-14-23-21(25(16)15-18-8-10-22-11-9-18)19-7-4-12-24(19)20(26)13-17-5-2-3-6-17/h8-11,14,17,19H,2-7,12-13,15H2,1H3. The summed E-state index contributed by atoms with van der Waals surface area (Å²) in [5, 5.41) is 0. The third kappa shape index (κ3) is 3.53. The molecule has 0 bridgehead atoms. The van der Waals surface area contributed by atoms with E-state index in [1.165, 1.54) is 31.2 Å². The van der Waals surface area contributed by atoms with E-state index < -0.39 is 0 Å². The number of hydrogen-bond acceptors (Lipinski definition) is 3. The first-order valence-electron chi connectivity index (χ1n) is 9.93. The average Bonchev–Trinajstić information content (AvgIpc) is 3.38. The van der Waals surface area contributed by atoms with E-state index in [2.05, 4.69) is 21.4 Å². The molecule has 4 rings (SSSR count). The molecule has 5 heteroatoms. The van der Waals surface area contributed by atoms with Crippen molar-refractivity contribution in [1.29, 1.82) is 0 Å². The van der Waals surface area contributed by atoms with Crippen LogP contribution in [-0.4, -0.2) is 31.9 Å². The molecule has 1 amide bonds. The second kappa shape index (κ2) is 7.60. The minimum absolute atomic E-state index is 0.124. The predicted molar refractivity (Wildman–Crippen MR) is 101 cm³/mol. The third-order valence-electron chi connectivity index (χ3n) is 5.99. The van der Waals surface area contributed by atoms with Crippen molar-refractivity contribution >= 4 is 5.91 Å². The number of aromatic nitrogens is 3. The Kier molecular flexibility index (Phi) is 5.05. The molecule has 26 heavy (non-hydrogen) atoms. The Morgan fingerprint density at radius 1 is 1.15 bits per heavy atom. The van der Waals surface area contributed by atoms with Gasteiger partial charge in [0, 0.05) is 43.8 Å². The topological polar surface area (TPSA) is 51.0 Å². The largest absolute Gasteiger partial charge is 0.332 e. The zero-order valence-corrected chi connectivity index (χ0v) is 15.6. The third-order valence-corrected chi connectivity index (χ3v) is 5.99. The summed E-state index contributed by atoms with van der Waals surface area (Å²) in [5.41, 5.74) is 2.36. The first-order chi connectivity index (χ1) is 12.7. The molecular weight excluding hydrogens is 324 g/mol. The number of pyridine rings is 1. The number of amides is 1. The zero-order chi connectivity index (χ0) is 17.9. The van der Waals surface area contributed by atoms with Gasteiger partial charge in [0.2, 0.25) is 5.91 Å². The van der Waals surface area contributed by atoms with Crippen LogP contribution in [0, 0.1) is 12.8 Å². The van der Waals surface area contributed by atoms with Gasteiger partial charge in [-0.2, -0.15) is 0 Å². The second-order valence-electron chi connectivity index (χ2n) is 7.80. The van der Waals surface area contributed by atoms with Crippen LogP contribution in [0.1, 0.15) is 68.1 Å². The highest BCUT2D eigenvalue weighted by atomic mass is 16.2. The van der Waals surface area contributed by atoms with Crippen LogP contribution in [0.5, 0.6) is 0 Å². The van der Waals surface area contributed by atoms with Crippen molar-refractivity contribution in [3.05, 3.63) is 47.8 Å². The van der Waals surface area contributed by atoms with Gasteiger partial charge in [0.15, 0.2) is 0 Å². The summed E-state index contributed by atoms with van der Waals surface area (Å²) in [7, 11) is 0. The number of hydrogen-bond donors (Lipinski definition) is 0. The molecular formula is C21H28N4O. The van der Waals surface area contributed by atoms with Crippen molar-refractivity contribution in [3.63, 3.8) is 0 Å². The number of nitrogens with zero attached hydrogens (tertiary/aromatic N) is 4. The van der Waals surface area contributed by atoms with Crippen molar-refractivity contribution in [2.24, 2.45) is 5.92 Å². The minimum Gasteiger partial charge on any atom is -0.332 e. The van der Waals surface area contributed by atoms with Gasteiger partial charge in [-0.15, -0.1) is 0 Å². The van der Waals surface area contributed by atoms with Gasteiger partial charge in [0.05, 0.1) is 6.04 Å². The van der Waals surface area contributed by atoms with Gasteiger partial charge in [-0.1, -0.05) is 12.8 Å². The highest BCUT2D eigenvalue weighted by molar-refractivity contribution is 5.77. The summed E-state index contributed by atoms with van der Waals surface area (Å²) >= 11 is 0. The van der Waals surface area contributed by atoms with Gasteiger partial charge in [-0.3, -0.25) is 9.78 Å². The van der Waals surface area contributed by atoms with E-state index >= 15 is 0 Å². The number of imidazole rings is 1. The van der Waals surface area contributed by atoms with Gasteiger partial charge in [-0.25, -0.2) is 4.98 Å². The van der Waals surface area contributed by atoms with Gasteiger partial charge in [0.25, 0.3) is 0 Å². The maximum atomic E-state index is 12.9. The molecule has 0 radical (unpaired) electrons. The first-order valence-corrected chi connectivity index (χ1v) is 9.93. The Bertz CT molecular complexity index is 749. The van der Waals surface area contributed by atoms with Crippen LogP contribution in [-0.2, 0) is 11.3 Å². The van der Waals surface area contributed by atoms with Crippen LogP contribution in [0.4, 0.5) is 0 Å². The molecule has 2 fully saturated rings. The Hall–Kier alpha value is -2.17. The maximum absolute atomic E-state index is 12.9. The Balaban J connectivity index is 1.53. The molecule has 2 aliphatic rings. The van der Waals surface area contributed by atoms with E-state index in [4.69, 9.17) is 4.98 Å². The van der Waals surface area contributed by atoms with Crippen molar-refractivity contribution in [3.8, 4) is 0 Å². The SMILES string of the molecule is Cc1cnc(C2CCCN2C(=O)CC2CCCC2)n1Cc1ccncc1. The number of carbonyl (C=O) groups is 1. The highest BCUT2D eigenvalue weighted by Gasteiger charge is 2.34. The van der Waals surface area contributed by atoms with Gasteiger partial charge in [-0.05, 0) is 56.2 Å². The molecule has 1 saturated carbocycles. The molecule has 1 aliphatic carbocycles. The van der Waals surface area contributed by atoms with Crippen LogP contribution in [0.15, 0.2) is 30.7 Å². The van der Waals surface area contributed by atoms with Crippen LogP contribution in [0.2, 0.25) is 0 Å². The number of rotatable bonds is 5. The van der Waals surface area contributed by atoms with Crippen molar-refractivity contribution < 1.29 is 4.79 Å². The summed E-state index contributed by atoms with van der Waals surface area (Å²) in [5.74, 6) is 1.97. The number of carbonyl (C=O) groups excluding carboxylic acids is 1. The quantitative estimate of drug-likeness (QED) is 0.820. The van der Waals surface area contributed by atoms with Crippen LogP contribution >= 0.6 is 0 Å². The molecule has 3 heterocycles. The zero-order valence-electron chi connectivity index (χ0n) is 15.6. The summed E-state index contributed by atoms with van der Waals surface area (Å²) in [6.45, 7) is 3.75. The van der Waals surface area contributed by atoms with E-state index in [0.717, 1.165) is 43.9 Å². The van der Waals surface area contributed by atoms with E-state index in [9.17, 15) is 4.79 Å². The summed E-state index contributed by atoms with van der Waals surface area (Å²) < 4.78 is 2.27. The first kappa shape index (κ1) is 17.3. The lowest BCUT2D eigenvalue weighted by Crippen LogP contribution is -2.33. The smallest absolute Gasteiger partial charge is 0.223 e. The van der Waals surface area contributed by atoms with Crippen molar-refractivity contribution in [1.82, 2.24) is 19.4 Å². The maximum Gasteiger partial charge on any atom is 0.223 e. The molecule has 0 N–H and O–H groups in total. The molecule has 1 atom stereocenters. The van der Waals surface area contributed by atoms with Gasteiger partial charge < -0.3 is 9.47 Å². The van der Waals surface area contributed by atoms with E-state index in [-0.39, 0.29) is 6.04 Å². The van der Waals surface area contributed by atoms with Crippen LogP contribution < -0.4 is 0 Å². The van der Waals surface area contributed by atoms with Gasteiger partial charge >= 0.3 is 0 Å². The summed E-state index contributed by atoms with van der Waals surface area (Å²) in [6, 6.07) is 4.21. The van der Waals surface area contributed by atoms with E-state index in [1.807, 2.05) is 30.7 Å². The fraction of sp³-hybridized carbons (Fsp3) is 0.571. The molecule has 0 spiro atoms. The molecule has 1 aliphatic heterocycles. The summed E-state index contributed by atoms with van der Waals surface area (Å²) in [4.78, 5) is 23.9. The molecule has 2 aromatic heterocycles. The fourth-order valence-electron chi connectivity index (χ4n) is 4.53. The van der Waals surface area contributed by atoms with Gasteiger partial charge in [0.1, 0.15) is 5.82 Å². The number of likely N-dealkylation sites (tertiary alicyclic amines) is 1. The molecule has 1 unspecified atom stereocenters. The predicted octanol–water partition coefficient (Wildman–Crippen LogP) is 3.88. The number of aryl methyl sites for hydroxylation is 1.